The second kappa shape index (κ2) is 34.9. The van der Waals surface area contributed by atoms with Crippen LogP contribution in [0.5, 0.6) is 5.75 Å². The highest BCUT2D eigenvalue weighted by Crippen LogP contribution is 2.32. The molecule has 2 aliphatic rings. The first-order chi connectivity index (χ1) is 32.5. The lowest BCUT2D eigenvalue weighted by atomic mass is 10.0. The number of nitrogens with zero attached hydrogens (tertiary/aromatic N) is 1. The van der Waals surface area contributed by atoms with Gasteiger partial charge < -0.3 is 72.6 Å². The fourth-order valence-electron chi connectivity index (χ4n) is 6.22. The van der Waals surface area contributed by atoms with Crippen LogP contribution in [0.25, 0.3) is 0 Å². The number of rotatable bonds is 42. The van der Waals surface area contributed by atoms with Crippen LogP contribution >= 0.6 is 0 Å². The number of benzene rings is 2. The Kier molecular flexibility index (Phi) is 28.7. The van der Waals surface area contributed by atoms with Crippen LogP contribution in [-0.2, 0) is 66.4 Å². The van der Waals surface area contributed by atoms with Crippen molar-refractivity contribution in [2.75, 3.05) is 183 Å². The highest BCUT2D eigenvalue weighted by Gasteiger charge is 2.45. The molecule has 2 aromatic rings. The monoisotopic (exact) mass is 936 g/mol. The van der Waals surface area contributed by atoms with Gasteiger partial charge in [-0.3, -0.25) is 29.4 Å². The number of imide groups is 2. The molecule has 2 aromatic carbocycles. The van der Waals surface area contributed by atoms with Crippen molar-refractivity contribution in [3.63, 3.8) is 0 Å². The van der Waals surface area contributed by atoms with Crippen LogP contribution in [0.1, 0.15) is 33.6 Å². The van der Waals surface area contributed by atoms with Crippen LogP contribution < -0.4 is 21.1 Å². The lowest BCUT2D eigenvalue weighted by Crippen LogP contribution is -2.54. The summed E-state index contributed by atoms with van der Waals surface area (Å²) in [6.07, 6.45) is 0.162. The van der Waals surface area contributed by atoms with E-state index >= 15 is 0 Å². The Balaban J connectivity index is 0.784. The minimum Gasteiger partial charge on any atom is -0.491 e. The van der Waals surface area contributed by atoms with Gasteiger partial charge in [0.2, 0.25) is 11.8 Å². The maximum absolute atomic E-state index is 13.2. The number of nitrogens with two attached hydrogens (primary N) is 1. The summed E-state index contributed by atoms with van der Waals surface area (Å²) in [6, 6.07) is 11.1. The molecule has 0 aromatic heterocycles. The van der Waals surface area contributed by atoms with Gasteiger partial charge in [-0.05, 0) is 42.8 Å². The summed E-state index contributed by atoms with van der Waals surface area (Å²) in [5.41, 5.74) is 7.25. The lowest BCUT2D eigenvalue weighted by Gasteiger charge is -2.27. The van der Waals surface area contributed by atoms with Gasteiger partial charge in [0, 0.05) is 24.3 Å². The van der Waals surface area contributed by atoms with Crippen molar-refractivity contribution < 1.29 is 80.8 Å². The first-order valence-electron chi connectivity index (χ1n) is 22.5. The zero-order chi connectivity index (χ0) is 46.7. The molecule has 0 aliphatic carbocycles. The number of hydrogen-bond acceptors (Lipinski definition) is 19. The van der Waals surface area contributed by atoms with Crippen molar-refractivity contribution in [1.82, 2.24) is 10.2 Å². The Hall–Kier alpha value is -4.36. The Labute approximate surface area is 386 Å². The molecule has 0 spiro atoms. The second-order valence-corrected chi connectivity index (χ2v) is 14.4. The molecule has 0 radical (unpaired) electrons. The zero-order valence-electron chi connectivity index (χ0n) is 37.9. The third kappa shape index (κ3) is 22.4. The second-order valence-electron chi connectivity index (χ2n) is 14.4. The van der Waals surface area contributed by atoms with Gasteiger partial charge in [-0.15, -0.1) is 0 Å². The first-order valence-corrected chi connectivity index (χ1v) is 22.5. The van der Waals surface area contributed by atoms with E-state index in [9.17, 15) is 19.2 Å². The van der Waals surface area contributed by atoms with E-state index in [1.165, 1.54) is 0 Å². The lowest BCUT2D eigenvalue weighted by molar-refractivity contribution is -0.136. The number of amides is 4. The van der Waals surface area contributed by atoms with Crippen LogP contribution in [0.2, 0.25) is 0 Å². The maximum Gasteiger partial charge on any atom is 0.264 e. The van der Waals surface area contributed by atoms with Gasteiger partial charge >= 0.3 is 0 Å². The van der Waals surface area contributed by atoms with Gasteiger partial charge in [-0.2, -0.15) is 0 Å². The summed E-state index contributed by atoms with van der Waals surface area (Å²) in [7, 11) is 0. The van der Waals surface area contributed by atoms with Gasteiger partial charge in [0.1, 0.15) is 18.4 Å². The van der Waals surface area contributed by atoms with Gasteiger partial charge in [0.15, 0.2) is 0 Å². The number of piperidine rings is 1. The molecular weight excluding hydrogens is 869 g/mol. The molecule has 4 N–H and O–H groups in total. The minimum atomic E-state index is -1.02. The molecule has 2 heterocycles. The van der Waals surface area contributed by atoms with Crippen molar-refractivity contribution >= 4 is 35.0 Å². The molecule has 66 heavy (non-hydrogen) atoms. The standard InChI is InChI=1S/C45H68N4O17/c46-36-4-6-37(7-5-36)66-35-34-65-33-32-64-31-30-63-29-28-62-27-26-61-25-24-60-23-22-59-21-20-58-19-18-57-17-16-56-15-14-55-13-12-54-11-10-47-39-3-1-2-38-42(39)45(53)49(44(38)52)40-8-9-41(50)48-43(40)51/h1-7,40,47H,8-35,46H2,(H,48,50,51). The average molecular weight is 937 g/mol. The Morgan fingerprint density at radius 3 is 1.30 bits per heavy atom. The van der Waals surface area contributed by atoms with Crippen LogP contribution in [0.4, 0.5) is 11.4 Å². The van der Waals surface area contributed by atoms with Gasteiger partial charge in [0.25, 0.3) is 11.8 Å². The molecule has 1 unspecified atom stereocenters. The van der Waals surface area contributed by atoms with Crippen molar-refractivity contribution in [2.45, 2.75) is 18.9 Å². The number of nitrogens with one attached hydrogen (secondary N) is 2. The molecule has 0 saturated carbocycles. The van der Waals surface area contributed by atoms with Crippen LogP contribution in [0.3, 0.4) is 0 Å². The topological polar surface area (TPSA) is 242 Å². The Morgan fingerprint density at radius 1 is 0.500 bits per heavy atom. The first kappa shape index (κ1) is 54.2. The summed E-state index contributed by atoms with van der Waals surface area (Å²) >= 11 is 0. The molecule has 1 atom stereocenters. The SMILES string of the molecule is Nc1ccc(OCCOCCOCCOCCOCCOCCOCCOCCOCCOCCOCCOCCOCCNc2cccc3c2C(=O)N(C2CCC(=O)NC2=O)C3=O)cc1. The van der Waals surface area contributed by atoms with Crippen molar-refractivity contribution in [3.05, 3.63) is 53.6 Å². The summed E-state index contributed by atoms with van der Waals surface area (Å²) in [5.74, 6) is -1.42. The number of ether oxygens (including phenoxy) is 13. The van der Waals surface area contributed by atoms with Gasteiger partial charge in [0.05, 0.1) is 170 Å². The summed E-state index contributed by atoms with van der Waals surface area (Å²) in [6.45, 7) is 11.7. The fraction of sp³-hybridized carbons (Fsp3) is 0.644. The fourth-order valence-corrected chi connectivity index (χ4v) is 6.22. The molecular formula is C45H68N4O17. The summed E-state index contributed by atoms with van der Waals surface area (Å²) in [5, 5.41) is 5.33. The normalized spacial score (nSPS) is 14.8. The Morgan fingerprint density at radius 2 is 0.894 bits per heavy atom. The van der Waals surface area contributed by atoms with Gasteiger partial charge in [-0.25, -0.2) is 0 Å². The number of carbonyl (C=O) groups is 4. The molecule has 21 heteroatoms. The van der Waals surface area contributed by atoms with Crippen molar-refractivity contribution in [3.8, 4) is 5.75 Å². The zero-order valence-corrected chi connectivity index (χ0v) is 37.9. The van der Waals surface area contributed by atoms with E-state index in [-0.39, 0.29) is 24.0 Å². The van der Waals surface area contributed by atoms with Crippen LogP contribution in [-0.4, -0.2) is 206 Å². The molecule has 370 valence electrons. The smallest absolute Gasteiger partial charge is 0.264 e. The maximum atomic E-state index is 13.2. The average Bonchev–Trinajstić information content (AvgIpc) is 3.57. The molecule has 1 saturated heterocycles. The molecule has 1 fully saturated rings. The number of nitrogen functional groups attached to an aromatic ring is 1. The molecule has 2 aliphatic heterocycles. The number of hydrogen-bond donors (Lipinski definition) is 3. The van der Waals surface area contributed by atoms with E-state index in [2.05, 4.69) is 10.6 Å². The van der Waals surface area contributed by atoms with Crippen molar-refractivity contribution in [1.29, 1.82) is 0 Å². The molecule has 4 rings (SSSR count). The van der Waals surface area contributed by atoms with E-state index in [0.29, 0.717) is 183 Å². The largest absolute Gasteiger partial charge is 0.491 e. The number of carbonyl (C=O) groups excluding carboxylic acids is 4. The minimum absolute atomic E-state index is 0.0622. The van der Waals surface area contributed by atoms with Gasteiger partial charge in [-0.1, -0.05) is 6.07 Å². The summed E-state index contributed by atoms with van der Waals surface area (Å²) in [4.78, 5) is 50.9. The Bertz CT molecular complexity index is 1660. The quantitative estimate of drug-likeness (QED) is 0.0484. The molecule has 21 nitrogen and oxygen atoms in total. The van der Waals surface area contributed by atoms with Crippen molar-refractivity contribution in [2.24, 2.45) is 0 Å². The van der Waals surface area contributed by atoms with E-state index in [0.717, 1.165) is 10.6 Å². The predicted octanol–water partition coefficient (Wildman–Crippen LogP) is 1.36. The van der Waals surface area contributed by atoms with Crippen LogP contribution in [0, 0.1) is 0 Å². The third-order valence-corrected chi connectivity index (χ3v) is 9.50. The third-order valence-electron chi connectivity index (χ3n) is 9.50. The highest BCUT2D eigenvalue weighted by molar-refractivity contribution is 6.25. The van der Waals surface area contributed by atoms with E-state index in [1.807, 2.05) is 12.1 Å². The molecule has 4 amide bonds. The summed E-state index contributed by atoms with van der Waals surface area (Å²) < 4.78 is 71.7. The van der Waals surface area contributed by atoms with E-state index in [4.69, 9.17) is 67.3 Å². The molecule has 0 bridgehead atoms. The predicted molar refractivity (Wildman–Crippen MR) is 238 cm³/mol. The number of anilines is 2. The van der Waals surface area contributed by atoms with E-state index in [1.54, 1.807) is 30.3 Å². The number of fused-ring (bicyclic) bond motifs is 1. The highest BCUT2D eigenvalue weighted by atomic mass is 16.6. The van der Waals surface area contributed by atoms with E-state index < -0.39 is 29.7 Å². The van der Waals surface area contributed by atoms with Crippen LogP contribution in [0.15, 0.2) is 42.5 Å².